The quantitative estimate of drug-likeness (QED) is 0.818. The van der Waals surface area contributed by atoms with Crippen LogP contribution in [0, 0.1) is 5.82 Å². The van der Waals surface area contributed by atoms with Gasteiger partial charge in [-0.2, -0.15) is 0 Å². The highest BCUT2D eigenvalue weighted by atomic mass is 19.1. The molecule has 1 saturated carbocycles. The van der Waals surface area contributed by atoms with Crippen LogP contribution in [0.3, 0.4) is 0 Å². The molecule has 1 amide bonds. The van der Waals surface area contributed by atoms with Crippen molar-refractivity contribution in [3.05, 3.63) is 35.6 Å². The molecule has 1 fully saturated rings. The maximum absolute atomic E-state index is 13.4. The Hall–Kier alpha value is -1.42. The van der Waals surface area contributed by atoms with Crippen molar-refractivity contribution in [3.8, 4) is 0 Å². The minimum Gasteiger partial charge on any atom is -0.352 e. The summed E-state index contributed by atoms with van der Waals surface area (Å²) in [6.45, 7) is 2.08. The van der Waals surface area contributed by atoms with Gasteiger partial charge < -0.3 is 10.6 Å². The van der Waals surface area contributed by atoms with Gasteiger partial charge in [-0.05, 0) is 25.8 Å². The van der Waals surface area contributed by atoms with Crippen molar-refractivity contribution < 1.29 is 9.18 Å². The Kier molecular flexibility index (Phi) is 3.74. The second-order valence-corrected chi connectivity index (χ2v) is 4.47. The van der Waals surface area contributed by atoms with Gasteiger partial charge in [0.15, 0.2) is 0 Å². The van der Waals surface area contributed by atoms with Crippen LogP contribution in [0.1, 0.15) is 31.4 Å². The third kappa shape index (κ3) is 3.53. The molecule has 2 rings (SSSR count). The molecule has 0 spiro atoms. The van der Waals surface area contributed by atoms with Gasteiger partial charge in [-0.25, -0.2) is 4.39 Å². The van der Waals surface area contributed by atoms with E-state index in [-0.39, 0.29) is 24.3 Å². The fourth-order valence-electron chi connectivity index (χ4n) is 1.69. The Morgan fingerprint density at radius 3 is 2.82 bits per heavy atom. The molecule has 0 saturated heterocycles. The molecule has 0 aliphatic heterocycles. The van der Waals surface area contributed by atoms with E-state index in [1.165, 1.54) is 6.07 Å². The molecule has 0 aromatic heterocycles. The largest absolute Gasteiger partial charge is 0.352 e. The number of halogens is 1. The van der Waals surface area contributed by atoms with Crippen LogP contribution < -0.4 is 10.6 Å². The van der Waals surface area contributed by atoms with Gasteiger partial charge in [-0.15, -0.1) is 0 Å². The lowest BCUT2D eigenvalue weighted by Gasteiger charge is -2.14. The van der Waals surface area contributed by atoms with Gasteiger partial charge >= 0.3 is 0 Å². The maximum Gasteiger partial charge on any atom is 0.234 e. The molecular weight excluding hydrogens is 219 g/mol. The molecule has 1 aromatic carbocycles. The van der Waals surface area contributed by atoms with Gasteiger partial charge in [0.2, 0.25) is 5.91 Å². The van der Waals surface area contributed by atoms with Crippen molar-refractivity contribution in [2.24, 2.45) is 0 Å². The van der Waals surface area contributed by atoms with Gasteiger partial charge in [0.05, 0.1) is 6.54 Å². The van der Waals surface area contributed by atoms with E-state index in [9.17, 15) is 9.18 Å². The number of nitrogens with one attached hydrogen (secondary N) is 2. The minimum atomic E-state index is -0.241. The molecule has 3 nitrogen and oxygen atoms in total. The van der Waals surface area contributed by atoms with E-state index >= 15 is 0 Å². The van der Waals surface area contributed by atoms with Crippen LogP contribution in [0.15, 0.2) is 24.3 Å². The van der Waals surface area contributed by atoms with Crippen LogP contribution in [0.4, 0.5) is 4.39 Å². The normalized spacial score (nSPS) is 16.6. The summed E-state index contributed by atoms with van der Waals surface area (Å²) in [6, 6.07) is 6.81. The summed E-state index contributed by atoms with van der Waals surface area (Å²) in [5.74, 6) is -0.259. The molecule has 1 aliphatic rings. The number of hydrogen-bond donors (Lipinski definition) is 2. The summed E-state index contributed by atoms with van der Waals surface area (Å²) < 4.78 is 13.4. The second-order valence-electron chi connectivity index (χ2n) is 4.47. The fourth-order valence-corrected chi connectivity index (χ4v) is 1.69. The first-order valence-electron chi connectivity index (χ1n) is 5.94. The van der Waals surface area contributed by atoms with Crippen LogP contribution in [-0.2, 0) is 4.79 Å². The molecule has 2 N–H and O–H groups in total. The van der Waals surface area contributed by atoms with Gasteiger partial charge in [0.25, 0.3) is 0 Å². The number of carbonyl (C=O) groups is 1. The number of benzene rings is 1. The van der Waals surface area contributed by atoms with Gasteiger partial charge in [0, 0.05) is 17.6 Å². The molecule has 1 aromatic rings. The number of amides is 1. The van der Waals surface area contributed by atoms with Crippen LogP contribution >= 0.6 is 0 Å². The highest BCUT2D eigenvalue weighted by molar-refractivity contribution is 5.78. The van der Waals surface area contributed by atoms with E-state index in [0.29, 0.717) is 11.6 Å². The number of carbonyl (C=O) groups excluding carboxylic acids is 1. The molecule has 0 bridgehead atoms. The number of hydrogen-bond acceptors (Lipinski definition) is 2. The number of rotatable bonds is 5. The SMILES string of the molecule is CC(NCC(=O)NC1CC1)c1ccccc1F. The Morgan fingerprint density at radius 1 is 1.47 bits per heavy atom. The summed E-state index contributed by atoms with van der Waals surface area (Å²) in [5, 5.41) is 5.90. The first-order chi connectivity index (χ1) is 8.16. The molecule has 4 heteroatoms. The van der Waals surface area contributed by atoms with E-state index in [2.05, 4.69) is 10.6 Å². The highest BCUT2D eigenvalue weighted by Gasteiger charge is 2.23. The molecule has 92 valence electrons. The van der Waals surface area contributed by atoms with Crippen LogP contribution in [0.25, 0.3) is 0 Å². The van der Waals surface area contributed by atoms with Crippen molar-refractivity contribution in [1.82, 2.24) is 10.6 Å². The molecule has 1 aliphatic carbocycles. The van der Waals surface area contributed by atoms with Gasteiger partial charge in [-0.1, -0.05) is 18.2 Å². The third-order valence-electron chi connectivity index (χ3n) is 2.88. The monoisotopic (exact) mass is 236 g/mol. The molecular formula is C13H17FN2O. The standard InChI is InChI=1S/C13H17FN2O/c1-9(11-4-2-3-5-12(11)14)15-8-13(17)16-10-6-7-10/h2-5,9-10,15H,6-8H2,1H3,(H,16,17). The average Bonchev–Trinajstić information content (AvgIpc) is 3.10. The Morgan fingerprint density at radius 2 is 2.18 bits per heavy atom. The lowest BCUT2D eigenvalue weighted by Crippen LogP contribution is -2.36. The molecule has 0 radical (unpaired) electrons. The summed E-state index contributed by atoms with van der Waals surface area (Å²) in [7, 11) is 0. The zero-order chi connectivity index (χ0) is 12.3. The van der Waals surface area contributed by atoms with Crippen molar-refractivity contribution in [3.63, 3.8) is 0 Å². The minimum absolute atomic E-state index is 0.0179. The van der Waals surface area contributed by atoms with Crippen molar-refractivity contribution in [1.29, 1.82) is 0 Å². The lowest BCUT2D eigenvalue weighted by atomic mass is 10.1. The molecule has 17 heavy (non-hydrogen) atoms. The van der Waals surface area contributed by atoms with Crippen molar-refractivity contribution in [2.45, 2.75) is 31.8 Å². The Balaban J connectivity index is 1.82. The second kappa shape index (κ2) is 5.27. The van der Waals surface area contributed by atoms with E-state index in [1.54, 1.807) is 18.2 Å². The van der Waals surface area contributed by atoms with Gasteiger partial charge in [-0.3, -0.25) is 4.79 Å². The smallest absolute Gasteiger partial charge is 0.234 e. The Bertz CT molecular complexity index is 404. The first kappa shape index (κ1) is 12.0. The molecule has 1 unspecified atom stereocenters. The van der Waals surface area contributed by atoms with E-state index in [1.807, 2.05) is 6.92 Å². The summed E-state index contributed by atoms with van der Waals surface area (Å²) in [4.78, 5) is 11.4. The third-order valence-corrected chi connectivity index (χ3v) is 2.88. The van der Waals surface area contributed by atoms with E-state index in [0.717, 1.165) is 12.8 Å². The topological polar surface area (TPSA) is 41.1 Å². The zero-order valence-electron chi connectivity index (χ0n) is 9.87. The first-order valence-corrected chi connectivity index (χ1v) is 5.94. The summed E-state index contributed by atoms with van der Waals surface area (Å²) >= 11 is 0. The van der Waals surface area contributed by atoms with Crippen LogP contribution in [0.2, 0.25) is 0 Å². The van der Waals surface area contributed by atoms with Gasteiger partial charge in [0.1, 0.15) is 5.82 Å². The average molecular weight is 236 g/mol. The van der Waals surface area contributed by atoms with Crippen molar-refractivity contribution in [2.75, 3.05) is 6.54 Å². The van der Waals surface area contributed by atoms with E-state index < -0.39 is 0 Å². The summed E-state index contributed by atoms with van der Waals surface area (Å²) in [5.41, 5.74) is 0.590. The predicted molar refractivity (Wildman–Crippen MR) is 64.0 cm³/mol. The van der Waals surface area contributed by atoms with Crippen LogP contribution in [0.5, 0.6) is 0 Å². The van der Waals surface area contributed by atoms with Crippen LogP contribution in [-0.4, -0.2) is 18.5 Å². The fraction of sp³-hybridized carbons (Fsp3) is 0.462. The molecule has 1 atom stereocenters. The highest BCUT2D eigenvalue weighted by Crippen LogP contribution is 2.18. The lowest BCUT2D eigenvalue weighted by molar-refractivity contribution is -0.120. The maximum atomic E-state index is 13.4. The molecule has 0 heterocycles. The predicted octanol–water partition coefficient (Wildman–Crippen LogP) is 1.75. The van der Waals surface area contributed by atoms with Crippen molar-refractivity contribution >= 4 is 5.91 Å². The Labute approximate surface area is 100 Å². The zero-order valence-corrected chi connectivity index (χ0v) is 9.87. The summed E-state index contributed by atoms with van der Waals surface area (Å²) in [6.07, 6.45) is 2.16. The van der Waals surface area contributed by atoms with E-state index in [4.69, 9.17) is 0 Å².